The lowest BCUT2D eigenvalue weighted by Crippen LogP contribution is -2.37. The van der Waals surface area contributed by atoms with Crippen LogP contribution in [0.5, 0.6) is 0 Å². The number of aromatic carboxylic acids is 1. The highest BCUT2D eigenvalue weighted by atomic mass is 16.4. The van der Waals surface area contributed by atoms with Crippen LogP contribution in [-0.4, -0.2) is 35.4 Å². The average Bonchev–Trinajstić information content (AvgIpc) is 2.66. The molecule has 0 aromatic carbocycles. The van der Waals surface area contributed by atoms with Crippen LogP contribution in [0.1, 0.15) is 23.4 Å². The summed E-state index contributed by atoms with van der Waals surface area (Å²) in [4.78, 5) is 12.5. The first-order valence-electron chi connectivity index (χ1n) is 4.93. The van der Waals surface area contributed by atoms with Gasteiger partial charge in [-0.25, -0.2) is 4.79 Å². The number of aliphatic hydroxyl groups is 1. The minimum absolute atomic E-state index is 0.0648. The second kappa shape index (κ2) is 3.94. The Bertz CT molecular complexity index is 360. The fourth-order valence-corrected chi connectivity index (χ4v) is 1.77. The highest BCUT2D eigenvalue weighted by Gasteiger charge is 2.21. The Morgan fingerprint density at radius 2 is 2.33 bits per heavy atom. The van der Waals surface area contributed by atoms with Crippen molar-refractivity contribution in [2.75, 3.05) is 18.0 Å². The number of hydrogen-bond acceptors (Lipinski definition) is 4. The van der Waals surface area contributed by atoms with E-state index in [0.717, 1.165) is 19.4 Å². The van der Waals surface area contributed by atoms with Crippen LogP contribution in [0.3, 0.4) is 0 Å². The van der Waals surface area contributed by atoms with Crippen molar-refractivity contribution in [3.05, 3.63) is 17.9 Å². The van der Waals surface area contributed by atoms with Gasteiger partial charge in [-0.15, -0.1) is 0 Å². The number of hydrogen-bond donors (Lipinski definition) is 2. The number of anilines is 1. The van der Waals surface area contributed by atoms with E-state index in [1.54, 1.807) is 6.07 Å². The molecule has 1 aliphatic heterocycles. The molecule has 1 aliphatic rings. The van der Waals surface area contributed by atoms with Crippen LogP contribution in [0.4, 0.5) is 5.88 Å². The van der Waals surface area contributed by atoms with Crippen molar-refractivity contribution in [3.63, 3.8) is 0 Å². The van der Waals surface area contributed by atoms with E-state index >= 15 is 0 Å². The predicted octanol–water partition coefficient (Wildman–Crippen LogP) is 0.939. The first-order chi connectivity index (χ1) is 7.16. The van der Waals surface area contributed by atoms with Gasteiger partial charge in [0.05, 0.1) is 6.10 Å². The van der Waals surface area contributed by atoms with Crippen molar-refractivity contribution < 1.29 is 19.4 Å². The van der Waals surface area contributed by atoms with Crippen molar-refractivity contribution in [1.29, 1.82) is 0 Å². The molecule has 0 aliphatic carbocycles. The minimum atomic E-state index is -1.07. The van der Waals surface area contributed by atoms with Crippen molar-refractivity contribution in [1.82, 2.24) is 0 Å². The maximum Gasteiger partial charge on any atom is 0.371 e. The Labute approximate surface area is 86.9 Å². The second-order valence-electron chi connectivity index (χ2n) is 3.69. The predicted molar refractivity (Wildman–Crippen MR) is 53.1 cm³/mol. The Kier molecular flexibility index (Phi) is 2.64. The Balaban J connectivity index is 2.11. The van der Waals surface area contributed by atoms with Gasteiger partial charge >= 0.3 is 5.97 Å². The number of piperidine rings is 1. The molecule has 1 fully saturated rings. The number of furan rings is 1. The van der Waals surface area contributed by atoms with E-state index < -0.39 is 5.97 Å². The van der Waals surface area contributed by atoms with Crippen molar-refractivity contribution >= 4 is 11.9 Å². The molecule has 1 aromatic rings. The van der Waals surface area contributed by atoms with Gasteiger partial charge in [-0.1, -0.05) is 0 Å². The third-order valence-corrected chi connectivity index (χ3v) is 2.51. The number of carboxylic acids is 1. The molecule has 82 valence electrons. The summed E-state index contributed by atoms with van der Waals surface area (Å²) < 4.78 is 5.15. The van der Waals surface area contributed by atoms with Crippen LogP contribution in [0.2, 0.25) is 0 Å². The summed E-state index contributed by atoms with van der Waals surface area (Å²) >= 11 is 0. The molecule has 2 N–H and O–H groups in total. The van der Waals surface area contributed by atoms with E-state index in [0.29, 0.717) is 12.4 Å². The highest BCUT2D eigenvalue weighted by molar-refractivity contribution is 5.84. The fourth-order valence-electron chi connectivity index (χ4n) is 1.77. The van der Waals surface area contributed by atoms with Crippen molar-refractivity contribution in [2.45, 2.75) is 18.9 Å². The van der Waals surface area contributed by atoms with Crippen LogP contribution in [-0.2, 0) is 0 Å². The van der Waals surface area contributed by atoms with Gasteiger partial charge in [0.25, 0.3) is 0 Å². The molecule has 2 rings (SSSR count). The standard InChI is InChI=1S/C10H13NO4/c12-7-2-1-5-11(6-7)9-4-3-8(15-9)10(13)14/h3-4,7,12H,1-2,5-6H2,(H,13,14). The molecule has 0 bridgehead atoms. The molecule has 0 radical (unpaired) electrons. The molecule has 0 amide bonds. The van der Waals surface area contributed by atoms with E-state index in [2.05, 4.69) is 0 Å². The third kappa shape index (κ3) is 2.12. The molecule has 1 saturated heterocycles. The molecule has 0 saturated carbocycles. The van der Waals surface area contributed by atoms with Crippen LogP contribution in [0.15, 0.2) is 16.5 Å². The first kappa shape index (κ1) is 10.0. The molecular formula is C10H13NO4. The Morgan fingerprint density at radius 1 is 1.53 bits per heavy atom. The van der Waals surface area contributed by atoms with Crippen molar-refractivity contribution in [2.24, 2.45) is 0 Å². The maximum absolute atomic E-state index is 10.6. The van der Waals surface area contributed by atoms with E-state index in [9.17, 15) is 9.90 Å². The zero-order valence-electron chi connectivity index (χ0n) is 8.22. The molecule has 2 heterocycles. The lowest BCUT2D eigenvalue weighted by Gasteiger charge is -2.29. The summed E-state index contributed by atoms with van der Waals surface area (Å²) in [5, 5.41) is 18.1. The van der Waals surface area contributed by atoms with Crippen LogP contribution < -0.4 is 4.90 Å². The van der Waals surface area contributed by atoms with E-state index in [4.69, 9.17) is 9.52 Å². The summed E-state index contributed by atoms with van der Waals surface area (Å²) in [5.41, 5.74) is 0. The summed E-state index contributed by atoms with van der Waals surface area (Å²) in [5.74, 6) is -0.616. The number of nitrogens with zero attached hydrogens (tertiary/aromatic N) is 1. The minimum Gasteiger partial charge on any atom is -0.475 e. The zero-order valence-corrected chi connectivity index (χ0v) is 8.22. The monoisotopic (exact) mass is 211 g/mol. The lowest BCUT2D eigenvalue weighted by molar-refractivity contribution is 0.0663. The van der Waals surface area contributed by atoms with E-state index in [1.807, 2.05) is 4.90 Å². The number of carboxylic acid groups (broad SMARTS) is 1. The van der Waals surface area contributed by atoms with E-state index in [-0.39, 0.29) is 11.9 Å². The molecule has 15 heavy (non-hydrogen) atoms. The summed E-state index contributed by atoms with van der Waals surface area (Å²) in [6.45, 7) is 1.30. The average molecular weight is 211 g/mol. The zero-order chi connectivity index (χ0) is 10.8. The Morgan fingerprint density at radius 3 is 2.93 bits per heavy atom. The van der Waals surface area contributed by atoms with Crippen molar-refractivity contribution in [3.8, 4) is 0 Å². The largest absolute Gasteiger partial charge is 0.475 e. The van der Waals surface area contributed by atoms with Gasteiger partial charge in [0.15, 0.2) is 5.88 Å². The van der Waals surface area contributed by atoms with Gasteiger partial charge in [0.1, 0.15) is 0 Å². The molecule has 5 heteroatoms. The third-order valence-electron chi connectivity index (χ3n) is 2.51. The second-order valence-corrected chi connectivity index (χ2v) is 3.69. The van der Waals surface area contributed by atoms with Crippen LogP contribution in [0, 0.1) is 0 Å². The van der Waals surface area contributed by atoms with Gasteiger partial charge in [-0.05, 0) is 18.9 Å². The molecule has 0 spiro atoms. The van der Waals surface area contributed by atoms with Gasteiger partial charge in [0, 0.05) is 19.2 Å². The van der Waals surface area contributed by atoms with E-state index in [1.165, 1.54) is 6.07 Å². The normalized spacial score (nSPS) is 21.7. The van der Waals surface area contributed by atoms with Gasteiger partial charge in [0.2, 0.25) is 5.76 Å². The number of aliphatic hydroxyl groups excluding tert-OH is 1. The quantitative estimate of drug-likeness (QED) is 0.761. The summed E-state index contributed by atoms with van der Waals surface area (Å²) in [7, 11) is 0. The first-order valence-corrected chi connectivity index (χ1v) is 4.93. The summed E-state index contributed by atoms with van der Waals surface area (Å²) in [6, 6.07) is 3.06. The number of rotatable bonds is 2. The molecular weight excluding hydrogens is 198 g/mol. The molecule has 5 nitrogen and oxygen atoms in total. The number of carbonyl (C=O) groups is 1. The SMILES string of the molecule is O=C(O)c1ccc(N2CCCC(O)C2)o1. The molecule has 1 unspecified atom stereocenters. The smallest absolute Gasteiger partial charge is 0.371 e. The lowest BCUT2D eigenvalue weighted by atomic mass is 10.1. The molecule has 1 aromatic heterocycles. The van der Waals surface area contributed by atoms with Gasteiger partial charge in [-0.3, -0.25) is 0 Å². The Hall–Kier alpha value is -1.49. The van der Waals surface area contributed by atoms with Crippen LogP contribution >= 0.6 is 0 Å². The topological polar surface area (TPSA) is 73.9 Å². The fraction of sp³-hybridized carbons (Fsp3) is 0.500. The maximum atomic E-state index is 10.6. The number of β-amino-alcohol motifs (C(OH)–C–C–N with tert-alkyl or cyclic N) is 1. The van der Waals surface area contributed by atoms with Crippen LogP contribution in [0.25, 0.3) is 0 Å². The van der Waals surface area contributed by atoms with Gasteiger partial charge < -0.3 is 19.5 Å². The summed E-state index contributed by atoms with van der Waals surface area (Å²) in [6.07, 6.45) is 1.34. The van der Waals surface area contributed by atoms with Gasteiger partial charge in [-0.2, -0.15) is 0 Å². The highest BCUT2D eigenvalue weighted by Crippen LogP contribution is 2.22. The molecule has 1 atom stereocenters.